The number of H-pyrrole nitrogens is 1. The van der Waals surface area contributed by atoms with Gasteiger partial charge in [-0.15, -0.1) is 0 Å². The molecule has 1 heterocycles. The number of carboxylic acids is 1. The summed E-state index contributed by atoms with van der Waals surface area (Å²) in [5.74, 6) is -1.54. The van der Waals surface area contributed by atoms with E-state index in [4.69, 9.17) is 5.11 Å². The van der Waals surface area contributed by atoms with Crippen molar-refractivity contribution in [2.75, 3.05) is 0 Å². The Balaban J connectivity index is 1.97. The Morgan fingerprint density at radius 1 is 1.04 bits per heavy atom. The first-order valence-electron chi connectivity index (χ1n) is 9.56. The molecule has 2 N–H and O–H groups in total. The topological polar surface area (TPSA) is 87.2 Å². The lowest BCUT2D eigenvalue weighted by molar-refractivity contribution is 0.0694. The summed E-state index contributed by atoms with van der Waals surface area (Å²) in [5.41, 5.74) is 3.88. The molecule has 0 fully saturated rings. The number of fused-ring (bicyclic) bond motifs is 1. The van der Waals surface area contributed by atoms with Crippen LogP contribution in [0.5, 0.6) is 0 Å². The van der Waals surface area contributed by atoms with Crippen LogP contribution in [0.3, 0.4) is 0 Å². The Bertz CT molecular complexity index is 1030. The number of hydrogen-bond donors (Lipinski definition) is 2. The zero-order chi connectivity index (χ0) is 20.9. The van der Waals surface area contributed by atoms with Crippen LogP contribution in [0.2, 0.25) is 0 Å². The fourth-order valence-electron chi connectivity index (χ4n) is 4.03. The van der Waals surface area contributed by atoms with Gasteiger partial charge in [0.2, 0.25) is 0 Å². The van der Waals surface area contributed by atoms with Crippen LogP contribution in [0.25, 0.3) is 0 Å². The van der Waals surface area contributed by atoms with Gasteiger partial charge in [0.15, 0.2) is 11.2 Å². The molecule has 0 aliphatic heterocycles. The minimum atomic E-state index is -1.31. The van der Waals surface area contributed by atoms with Gasteiger partial charge >= 0.3 is 5.97 Å². The van der Waals surface area contributed by atoms with Crippen LogP contribution in [0.1, 0.15) is 83.6 Å². The largest absolute Gasteiger partial charge is 0.477 e. The molecule has 2 aromatic rings. The van der Waals surface area contributed by atoms with E-state index in [-0.39, 0.29) is 34.3 Å². The highest BCUT2D eigenvalue weighted by molar-refractivity contribution is 5.96. The number of carbonyl (C=O) groups is 2. The summed E-state index contributed by atoms with van der Waals surface area (Å²) in [6.45, 7) is 11.0. The Morgan fingerprint density at radius 3 is 2.14 bits per heavy atom. The fourth-order valence-corrected chi connectivity index (χ4v) is 4.03. The minimum Gasteiger partial charge on any atom is -0.477 e. The number of carboxylic acid groups (broad SMARTS) is 1. The molecular weight excluding hydrogens is 354 g/mol. The second-order valence-electron chi connectivity index (χ2n) is 9.12. The number of benzene rings is 1. The van der Waals surface area contributed by atoms with Crippen LogP contribution >= 0.6 is 0 Å². The summed E-state index contributed by atoms with van der Waals surface area (Å²) in [5, 5.41) is 8.97. The van der Waals surface area contributed by atoms with E-state index in [1.54, 1.807) is 0 Å². The van der Waals surface area contributed by atoms with E-state index in [0.29, 0.717) is 0 Å². The predicted molar refractivity (Wildman–Crippen MR) is 109 cm³/mol. The summed E-state index contributed by atoms with van der Waals surface area (Å²) in [6, 6.07) is 5.43. The van der Waals surface area contributed by atoms with Crippen molar-refractivity contribution < 1.29 is 14.7 Å². The zero-order valence-electron chi connectivity index (χ0n) is 17.1. The monoisotopic (exact) mass is 381 g/mol. The lowest BCUT2D eigenvalue weighted by Crippen LogP contribution is -2.34. The van der Waals surface area contributed by atoms with E-state index >= 15 is 0 Å². The molecule has 0 saturated carbocycles. The quantitative estimate of drug-likeness (QED) is 0.779. The number of Topliss-reactive ketones (excluding diaryl/α,β-unsaturated/α-hetero) is 1. The molecule has 5 heteroatoms. The molecule has 0 amide bonds. The third-order valence-electron chi connectivity index (χ3n) is 6.10. The number of aryl methyl sites for hydroxylation is 1. The van der Waals surface area contributed by atoms with Gasteiger partial charge in [0.25, 0.3) is 0 Å². The molecule has 28 heavy (non-hydrogen) atoms. The van der Waals surface area contributed by atoms with E-state index in [0.717, 1.165) is 36.2 Å². The van der Waals surface area contributed by atoms with Gasteiger partial charge in [-0.25, -0.2) is 4.79 Å². The number of hydrogen-bond acceptors (Lipinski definition) is 3. The highest BCUT2D eigenvalue weighted by Gasteiger charge is 2.37. The first kappa shape index (κ1) is 20.1. The van der Waals surface area contributed by atoms with E-state index in [1.165, 1.54) is 11.1 Å². The molecule has 0 radical (unpaired) electrons. The Morgan fingerprint density at radius 2 is 1.61 bits per heavy atom. The van der Waals surface area contributed by atoms with Gasteiger partial charge in [0.05, 0.1) is 5.69 Å². The number of pyridine rings is 1. The summed E-state index contributed by atoms with van der Waals surface area (Å²) < 4.78 is 0. The summed E-state index contributed by atoms with van der Waals surface area (Å²) in [6.07, 6.45) is 3.47. The highest BCUT2D eigenvalue weighted by Crippen LogP contribution is 2.46. The number of carbonyl (C=O) groups excluding carboxylic acids is 1. The molecule has 3 rings (SSSR count). The van der Waals surface area contributed by atoms with Crippen LogP contribution in [0, 0.1) is 6.92 Å². The average molecular weight is 381 g/mol. The average Bonchev–Trinajstić information content (AvgIpc) is 2.60. The SMILES string of the molecule is Cc1cc2c(cc1CC(=O)c1cc(=O)c(C(=O)O)c[nH]1)C(C)(C)CCC2(C)C. The van der Waals surface area contributed by atoms with Gasteiger partial charge in [0.1, 0.15) is 5.56 Å². The molecule has 0 unspecified atom stereocenters. The standard InChI is InChI=1S/C23H27NO4/c1-13-8-16-17(23(4,5)7-6-22(16,2)3)9-14(13)10-20(26)18-11-19(25)15(12-24-18)21(27)28/h8-9,11-12H,6-7,10H2,1-5H3,(H,24,25)(H,27,28). The molecule has 1 aromatic carbocycles. The lowest BCUT2D eigenvalue weighted by atomic mass is 9.62. The van der Waals surface area contributed by atoms with E-state index in [9.17, 15) is 14.4 Å². The van der Waals surface area contributed by atoms with Gasteiger partial charge in [0, 0.05) is 18.7 Å². The molecular formula is C23H27NO4. The maximum atomic E-state index is 12.7. The number of nitrogens with one attached hydrogen (secondary N) is 1. The van der Waals surface area contributed by atoms with Gasteiger partial charge in [-0.1, -0.05) is 39.8 Å². The minimum absolute atomic E-state index is 0.0494. The van der Waals surface area contributed by atoms with Crippen LogP contribution < -0.4 is 5.43 Å². The molecule has 1 aliphatic carbocycles. The summed E-state index contributed by atoms with van der Waals surface area (Å²) >= 11 is 0. The molecule has 148 valence electrons. The lowest BCUT2D eigenvalue weighted by Gasteiger charge is -2.42. The maximum Gasteiger partial charge on any atom is 0.341 e. The number of ketones is 1. The first-order valence-corrected chi connectivity index (χ1v) is 9.56. The number of aromatic nitrogens is 1. The summed E-state index contributed by atoms with van der Waals surface area (Å²) in [4.78, 5) is 38.3. The normalized spacial score (nSPS) is 17.0. The molecule has 0 saturated heterocycles. The van der Waals surface area contributed by atoms with Crippen molar-refractivity contribution in [2.45, 2.75) is 64.7 Å². The number of rotatable bonds is 4. The van der Waals surface area contributed by atoms with E-state index in [1.807, 2.05) is 6.92 Å². The molecule has 5 nitrogen and oxygen atoms in total. The molecule has 0 spiro atoms. The summed E-state index contributed by atoms with van der Waals surface area (Å²) in [7, 11) is 0. The fraction of sp³-hybridized carbons (Fsp3) is 0.435. The zero-order valence-corrected chi connectivity index (χ0v) is 17.1. The van der Waals surface area contributed by atoms with Gasteiger partial charge < -0.3 is 10.1 Å². The van der Waals surface area contributed by atoms with Crippen LogP contribution in [0.15, 0.2) is 29.2 Å². The molecule has 1 aliphatic rings. The van der Waals surface area contributed by atoms with Crippen molar-refractivity contribution in [3.63, 3.8) is 0 Å². The van der Waals surface area contributed by atoms with Gasteiger partial charge in [-0.2, -0.15) is 0 Å². The second-order valence-corrected chi connectivity index (χ2v) is 9.12. The van der Waals surface area contributed by atoms with Crippen LogP contribution in [-0.4, -0.2) is 21.8 Å². The molecule has 0 atom stereocenters. The van der Waals surface area contributed by atoms with Crippen molar-refractivity contribution in [3.8, 4) is 0 Å². The molecule has 0 bridgehead atoms. The van der Waals surface area contributed by atoms with Crippen LogP contribution in [0.4, 0.5) is 0 Å². The highest BCUT2D eigenvalue weighted by atomic mass is 16.4. The van der Waals surface area contributed by atoms with Crippen molar-refractivity contribution >= 4 is 11.8 Å². The predicted octanol–water partition coefficient (Wildman–Crippen LogP) is 4.16. The first-order chi connectivity index (χ1) is 12.9. The Hall–Kier alpha value is -2.69. The smallest absolute Gasteiger partial charge is 0.341 e. The van der Waals surface area contributed by atoms with E-state index in [2.05, 4.69) is 44.8 Å². The second kappa shape index (κ2) is 6.73. The van der Waals surface area contributed by atoms with Gasteiger partial charge in [-0.3, -0.25) is 9.59 Å². The third-order valence-corrected chi connectivity index (χ3v) is 6.10. The van der Waals surface area contributed by atoms with E-state index < -0.39 is 11.4 Å². The van der Waals surface area contributed by atoms with Crippen molar-refractivity contribution in [1.29, 1.82) is 0 Å². The van der Waals surface area contributed by atoms with Crippen molar-refractivity contribution in [3.05, 3.63) is 68.1 Å². The number of aromatic amines is 1. The van der Waals surface area contributed by atoms with Crippen LogP contribution in [-0.2, 0) is 17.3 Å². The third kappa shape index (κ3) is 3.53. The van der Waals surface area contributed by atoms with Crippen molar-refractivity contribution in [2.24, 2.45) is 0 Å². The Kier molecular flexibility index (Phi) is 4.82. The maximum absolute atomic E-state index is 12.7. The molecule has 1 aromatic heterocycles. The van der Waals surface area contributed by atoms with Gasteiger partial charge in [-0.05, 0) is 52.8 Å². The number of aromatic carboxylic acids is 1. The Labute approximate surface area is 164 Å². The van der Waals surface area contributed by atoms with Crippen molar-refractivity contribution in [1.82, 2.24) is 4.98 Å².